The van der Waals surface area contributed by atoms with E-state index in [2.05, 4.69) is 16.0 Å². The summed E-state index contributed by atoms with van der Waals surface area (Å²) in [4.78, 5) is 43.4. The number of carboxylic acid groups (broad SMARTS) is 1. The van der Waals surface area contributed by atoms with Gasteiger partial charge >= 0.3 is 5.97 Å². The quantitative estimate of drug-likeness (QED) is 0.428. The lowest BCUT2D eigenvalue weighted by atomic mass is 10.2. The monoisotopic (exact) mass is 243 g/mol. The summed E-state index contributed by atoms with van der Waals surface area (Å²) in [6.45, 7) is -0.798. The van der Waals surface area contributed by atoms with Gasteiger partial charge in [0.15, 0.2) is 0 Å². The number of carbonyl (C=O) groups excluding carboxylic acids is 3. The molecule has 0 unspecified atom stereocenters. The van der Waals surface area contributed by atoms with Gasteiger partial charge in [-0.15, -0.1) is 0 Å². The number of carboxylic acids is 1. The van der Waals surface area contributed by atoms with Crippen molar-refractivity contribution in [1.29, 1.82) is 0 Å². The van der Waals surface area contributed by atoms with E-state index < -0.39 is 30.4 Å². The highest BCUT2D eigenvalue weighted by Gasteiger charge is 2.27. The first-order chi connectivity index (χ1) is 7.99. The third-order valence-corrected chi connectivity index (χ3v) is 2.17. The normalized spacial score (nSPS) is 18.4. The van der Waals surface area contributed by atoms with Crippen molar-refractivity contribution in [2.45, 2.75) is 18.9 Å². The van der Waals surface area contributed by atoms with Crippen LogP contribution in [0.1, 0.15) is 12.8 Å². The Morgan fingerprint density at radius 1 is 1.29 bits per heavy atom. The molecule has 8 nitrogen and oxygen atoms in total. The maximum Gasteiger partial charge on any atom is 0.322 e. The van der Waals surface area contributed by atoms with Gasteiger partial charge in [0.25, 0.3) is 0 Å². The van der Waals surface area contributed by atoms with Crippen LogP contribution < -0.4 is 16.0 Å². The Kier molecular flexibility index (Phi) is 4.44. The van der Waals surface area contributed by atoms with Crippen LogP contribution in [0.3, 0.4) is 0 Å². The standard InChI is InChI=1S/C9H13N3O5/c13-6-2-1-5(12-6)9(17)11-3-7(14)10-4-8(15)16/h5H,1-4H2,(H,10,14)(H,11,17)(H,12,13)(H,15,16)/t5-/m1/s1. The molecule has 0 aromatic heterocycles. The van der Waals surface area contributed by atoms with Crippen LogP contribution in [0.2, 0.25) is 0 Å². The van der Waals surface area contributed by atoms with Crippen molar-refractivity contribution >= 4 is 23.7 Å². The second-order valence-corrected chi connectivity index (χ2v) is 3.55. The first-order valence-corrected chi connectivity index (χ1v) is 5.04. The Hall–Kier alpha value is -2.12. The summed E-state index contributed by atoms with van der Waals surface area (Å²) in [6.07, 6.45) is 0.699. The van der Waals surface area contributed by atoms with E-state index >= 15 is 0 Å². The zero-order chi connectivity index (χ0) is 12.8. The maximum atomic E-state index is 11.4. The van der Waals surface area contributed by atoms with Crippen molar-refractivity contribution in [3.63, 3.8) is 0 Å². The molecule has 4 N–H and O–H groups in total. The Bertz CT molecular complexity index is 355. The van der Waals surface area contributed by atoms with Crippen molar-refractivity contribution in [3.8, 4) is 0 Å². The summed E-state index contributed by atoms with van der Waals surface area (Å²) in [6, 6.07) is -0.602. The minimum atomic E-state index is -1.16. The average Bonchev–Trinajstić information content (AvgIpc) is 2.70. The molecule has 0 aromatic rings. The summed E-state index contributed by atoms with van der Waals surface area (Å²) >= 11 is 0. The number of aliphatic carboxylic acids is 1. The number of hydrogen-bond acceptors (Lipinski definition) is 4. The summed E-state index contributed by atoms with van der Waals surface area (Å²) < 4.78 is 0. The molecule has 3 amide bonds. The Morgan fingerprint density at radius 3 is 2.53 bits per heavy atom. The van der Waals surface area contributed by atoms with Gasteiger partial charge < -0.3 is 21.1 Å². The molecule has 1 heterocycles. The fourth-order valence-corrected chi connectivity index (χ4v) is 1.34. The molecule has 1 aliphatic rings. The molecular weight excluding hydrogens is 230 g/mol. The predicted molar refractivity (Wildman–Crippen MR) is 54.8 cm³/mol. The lowest BCUT2D eigenvalue weighted by Gasteiger charge is -2.10. The van der Waals surface area contributed by atoms with Crippen molar-refractivity contribution in [1.82, 2.24) is 16.0 Å². The Labute approximate surface area is 96.7 Å². The highest BCUT2D eigenvalue weighted by Crippen LogP contribution is 2.05. The van der Waals surface area contributed by atoms with E-state index in [0.29, 0.717) is 12.8 Å². The molecule has 0 saturated carbocycles. The highest BCUT2D eigenvalue weighted by molar-refractivity contribution is 5.93. The molecule has 17 heavy (non-hydrogen) atoms. The molecular formula is C9H13N3O5. The van der Waals surface area contributed by atoms with Crippen molar-refractivity contribution in [2.75, 3.05) is 13.1 Å². The van der Waals surface area contributed by atoms with Gasteiger partial charge in [0, 0.05) is 6.42 Å². The predicted octanol–water partition coefficient (Wildman–Crippen LogP) is -2.42. The molecule has 0 radical (unpaired) electrons. The van der Waals surface area contributed by atoms with Gasteiger partial charge in [0.1, 0.15) is 12.6 Å². The molecule has 0 aliphatic carbocycles. The summed E-state index contributed by atoms with van der Waals surface area (Å²) in [7, 11) is 0. The molecule has 1 saturated heterocycles. The van der Waals surface area contributed by atoms with E-state index in [-0.39, 0.29) is 12.5 Å². The zero-order valence-corrected chi connectivity index (χ0v) is 8.99. The lowest BCUT2D eigenvalue weighted by molar-refractivity contribution is -0.137. The van der Waals surface area contributed by atoms with Crippen molar-refractivity contribution in [2.24, 2.45) is 0 Å². The van der Waals surface area contributed by atoms with E-state index in [0.717, 1.165) is 0 Å². The zero-order valence-electron chi connectivity index (χ0n) is 8.99. The molecule has 0 aromatic carbocycles. The van der Waals surface area contributed by atoms with E-state index in [4.69, 9.17) is 5.11 Å². The Morgan fingerprint density at radius 2 is 2.00 bits per heavy atom. The third kappa shape index (κ3) is 4.49. The van der Waals surface area contributed by atoms with Gasteiger partial charge in [-0.25, -0.2) is 0 Å². The van der Waals surface area contributed by atoms with Crippen LogP contribution in [-0.2, 0) is 19.2 Å². The number of rotatable bonds is 5. The van der Waals surface area contributed by atoms with Gasteiger partial charge in [0.05, 0.1) is 6.54 Å². The van der Waals surface area contributed by atoms with Crippen LogP contribution in [0, 0.1) is 0 Å². The Balaban J connectivity index is 2.21. The largest absolute Gasteiger partial charge is 0.480 e. The van der Waals surface area contributed by atoms with Gasteiger partial charge in [-0.2, -0.15) is 0 Å². The fourth-order valence-electron chi connectivity index (χ4n) is 1.34. The fraction of sp³-hybridized carbons (Fsp3) is 0.556. The van der Waals surface area contributed by atoms with Crippen LogP contribution >= 0.6 is 0 Å². The molecule has 1 fully saturated rings. The van der Waals surface area contributed by atoms with Crippen LogP contribution in [-0.4, -0.2) is 47.9 Å². The second kappa shape index (κ2) is 5.83. The molecule has 0 spiro atoms. The van der Waals surface area contributed by atoms with Gasteiger partial charge in [-0.05, 0) is 6.42 Å². The van der Waals surface area contributed by atoms with Crippen LogP contribution in [0.4, 0.5) is 0 Å². The number of amides is 3. The molecule has 1 rings (SSSR count). The topological polar surface area (TPSA) is 125 Å². The van der Waals surface area contributed by atoms with Gasteiger partial charge in [-0.1, -0.05) is 0 Å². The third-order valence-electron chi connectivity index (χ3n) is 2.17. The van der Waals surface area contributed by atoms with Crippen molar-refractivity contribution in [3.05, 3.63) is 0 Å². The molecule has 1 atom stereocenters. The second-order valence-electron chi connectivity index (χ2n) is 3.55. The number of hydrogen-bond donors (Lipinski definition) is 4. The van der Waals surface area contributed by atoms with Crippen molar-refractivity contribution < 1.29 is 24.3 Å². The molecule has 1 aliphatic heterocycles. The molecule has 8 heteroatoms. The van der Waals surface area contributed by atoms with E-state index in [1.165, 1.54) is 0 Å². The SMILES string of the molecule is O=C(O)CNC(=O)CNC(=O)[C@H]1CCC(=O)N1. The minimum Gasteiger partial charge on any atom is -0.480 e. The van der Waals surface area contributed by atoms with Gasteiger partial charge in [-0.3, -0.25) is 19.2 Å². The lowest BCUT2D eigenvalue weighted by Crippen LogP contribution is -2.46. The molecule has 0 bridgehead atoms. The smallest absolute Gasteiger partial charge is 0.322 e. The summed E-state index contributed by atoms with van der Waals surface area (Å²) in [5.41, 5.74) is 0. The minimum absolute atomic E-state index is 0.194. The number of carbonyl (C=O) groups is 4. The van der Waals surface area contributed by atoms with Crippen LogP contribution in [0.5, 0.6) is 0 Å². The highest BCUT2D eigenvalue weighted by atomic mass is 16.4. The van der Waals surface area contributed by atoms with E-state index in [9.17, 15) is 19.2 Å². The van der Waals surface area contributed by atoms with E-state index in [1.54, 1.807) is 0 Å². The maximum absolute atomic E-state index is 11.4. The molecule has 94 valence electrons. The number of nitrogens with one attached hydrogen (secondary N) is 3. The average molecular weight is 243 g/mol. The van der Waals surface area contributed by atoms with E-state index in [1.807, 2.05) is 0 Å². The van der Waals surface area contributed by atoms with Crippen LogP contribution in [0.25, 0.3) is 0 Å². The summed E-state index contributed by atoms with van der Waals surface area (Å²) in [5, 5.41) is 15.1. The first kappa shape index (κ1) is 12.9. The van der Waals surface area contributed by atoms with Crippen LogP contribution in [0.15, 0.2) is 0 Å². The summed E-state index contributed by atoms with van der Waals surface area (Å²) in [5.74, 6) is -2.39. The van der Waals surface area contributed by atoms with Gasteiger partial charge in [0.2, 0.25) is 17.7 Å². The first-order valence-electron chi connectivity index (χ1n) is 5.04.